The molecule has 32 heavy (non-hydrogen) atoms. The Hall–Kier alpha value is -3.93. The number of piperazine rings is 1. The maximum atomic E-state index is 13.6. The molecule has 0 atom stereocenters. The zero-order valence-electron chi connectivity index (χ0n) is 17.9. The number of carbonyl (C=O) groups is 1. The first-order chi connectivity index (χ1) is 15.7. The van der Waals surface area contributed by atoms with E-state index < -0.39 is 0 Å². The molecule has 6 heteroatoms. The predicted octanol–water partition coefficient (Wildman–Crippen LogP) is 4.27. The van der Waals surface area contributed by atoms with Crippen LogP contribution in [0.4, 0.5) is 5.69 Å². The molecule has 0 N–H and O–H groups in total. The Morgan fingerprint density at radius 2 is 1.69 bits per heavy atom. The molecule has 1 amide bonds. The van der Waals surface area contributed by atoms with E-state index in [-0.39, 0.29) is 5.91 Å². The fraction of sp³-hybridized carbons (Fsp3) is 0.192. The van der Waals surface area contributed by atoms with Crippen LogP contribution in [0.1, 0.15) is 10.4 Å². The molecule has 1 aliphatic rings. The number of anilines is 1. The monoisotopic (exact) mass is 424 g/mol. The Balaban J connectivity index is 1.41. The van der Waals surface area contributed by atoms with Crippen LogP contribution >= 0.6 is 0 Å². The van der Waals surface area contributed by atoms with Gasteiger partial charge in [0.1, 0.15) is 5.75 Å². The summed E-state index contributed by atoms with van der Waals surface area (Å²) in [5.41, 5.74) is 4.36. The van der Waals surface area contributed by atoms with Gasteiger partial charge in [-0.1, -0.05) is 24.3 Å². The van der Waals surface area contributed by atoms with Crippen LogP contribution in [0.3, 0.4) is 0 Å². The Labute approximate surface area is 187 Å². The van der Waals surface area contributed by atoms with Crippen molar-refractivity contribution >= 4 is 22.5 Å². The number of nitrogens with zero attached hydrogens (tertiary/aromatic N) is 4. The van der Waals surface area contributed by atoms with E-state index in [0.29, 0.717) is 18.7 Å². The fourth-order valence-corrected chi connectivity index (χ4v) is 4.17. The predicted molar refractivity (Wildman–Crippen MR) is 126 cm³/mol. The van der Waals surface area contributed by atoms with Gasteiger partial charge in [-0.3, -0.25) is 9.78 Å². The first-order valence-corrected chi connectivity index (χ1v) is 10.7. The van der Waals surface area contributed by atoms with Gasteiger partial charge in [0, 0.05) is 61.3 Å². The smallest absolute Gasteiger partial charge is 0.254 e. The maximum Gasteiger partial charge on any atom is 0.254 e. The van der Waals surface area contributed by atoms with E-state index >= 15 is 0 Å². The van der Waals surface area contributed by atoms with E-state index in [4.69, 9.17) is 9.72 Å². The highest BCUT2D eigenvalue weighted by atomic mass is 16.5. The van der Waals surface area contributed by atoms with Crippen molar-refractivity contribution in [2.45, 2.75) is 0 Å². The summed E-state index contributed by atoms with van der Waals surface area (Å²) in [7, 11) is 1.68. The second kappa shape index (κ2) is 8.67. The molecule has 1 saturated heterocycles. The second-order valence-electron chi connectivity index (χ2n) is 7.79. The SMILES string of the molecule is COc1cccc(N2CCN(C(=O)c3cc(-c4ccncc4)nc4ccccc34)CC2)c1. The Morgan fingerprint density at radius 1 is 0.906 bits per heavy atom. The molecule has 2 aromatic heterocycles. The van der Waals surface area contributed by atoms with Crippen LogP contribution in [0.2, 0.25) is 0 Å². The second-order valence-corrected chi connectivity index (χ2v) is 7.79. The largest absolute Gasteiger partial charge is 0.497 e. The van der Waals surface area contributed by atoms with Gasteiger partial charge < -0.3 is 14.5 Å². The number of amides is 1. The average Bonchev–Trinajstić information content (AvgIpc) is 2.88. The van der Waals surface area contributed by atoms with Crippen LogP contribution in [-0.4, -0.2) is 54.1 Å². The highest BCUT2D eigenvalue weighted by molar-refractivity contribution is 6.07. The van der Waals surface area contributed by atoms with Gasteiger partial charge in [0.15, 0.2) is 0 Å². The van der Waals surface area contributed by atoms with Crippen molar-refractivity contribution in [2.75, 3.05) is 38.2 Å². The van der Waals surface area contributed by atoms with E-state index in [1.807, 2.05) is 65.6 Å². The summed E-state index contributed by atoms with van der Waals surface area (Å²) >= 11 is 0. The van der Waals surface area contributed by atoms with Crippen LogP contribution < -0.4 is 9.64 Å². The van der Waals surface area contributed by atoms with Gasteiger partial charge in [-0.25, -0.2) is 4.98 Å². The normalized spacial score (nSPS) is 13.9. The summed E-state index contributed by atoms with van der Waals surface area (Å²) in [6, 6.07) is 21.6. The van der Waals surface area contributed by atoms with Crippen LogP contribution in [0.5, 0.6) is 5.75 Å². The molecule has 4 aromatic rings. The summed E-state index contributed by atoms with van der Waals surface area (Å²) in [4.78, 5) is 26.7. The molecule has 0 spiro atoms. The van der Waals surface area contributed by atoms with Crippen LogP contribution in [0, 0.1) is 0 Å². The summed E-state index contributed by atoms with van der Waals surface area (Å²) in [6.07, 6.45) is 3.48. The quantitative estimate of drug-likeness (QED) is 0.490. The van der Waals surface area contributed by atoms with Gasteiger partial charge in [-0.05, 0) is 36.4 Å². The van der Waals surface area contributed by atoms with Gasteiger partial charge in [0.2, 0.25) is 0 Å². The third-order valence-corrected chi connectivity index (χ3v) is 5.91. The molecule has 0 radical (unpaired) electrons. The lowest BCUT2D eigenvalue weighted by Crippen LogP contribution is -2.48. The van der Waals surface area contributed by atoms with Gasteiger partial charge >= 0.3 is 0 Å². The van der Waals surface area contributed by atoms with Gasteiger partial charge in [-0.15, -0.1) is 0 Å². The molecule has 160 valence electrons. The number of methoxy groups -OCH3 is 1. The van der Waals surface area contributed by atoms with E-state index in [9.17, 15) is 4.79 Å². The van der Waals surface area contributed by atoms with Crippen molar-refractivity contribution in [1.82, 2.24) is 14.9 Å². The standard InChI is InChI=1S/C26H24N4O2/c1-32-21-6-4-5-20(17-21)29-13-15-30(16-14-29)26(31)23-18-25(19-9-11-27-12-10-19)28-24-8-3-2-7-22(23)24/h2-12,17-18H,13-16H2,1H3. The van der Waals surface area contributed by atoms with Gasteiger partial charge in [-0.2, -0.15) is 0 Å². The molecule has 5 rings (SSSR count). The summed E-state index contributed by atoms with van der Waals surface area (Å²) < 4.78 is 5.35. The molecule has 0 bridgehead atoms. The number of benzene rings is 2. The fourth-order valence-electron chi connectivity index (χ4n) is 4.17. The number of aromatic nitrogens is 2. The van der Waals surface area contributed by atoms with Crippen molar-refractivity contribution in [3.63, 3.8) is 0 Å². The topological polar surface area (TPSA) is 58.6 Å². The van der Waals surface area contributed by atoms with Crippen LogP contribution in [-0.2, 0) is 0 Å². The minimum atomic E-state index is 0.0456. The number of carbonyl (C=O) groups excluding carboxylic acids is 1. The lowest BCUT2D eigenvalue weighted by Gasteiger charge is -2.36. The Kier molecular flexibility index (Phi) is 5.42. The van der Waals surface area contributed by atoms with Crippen LogP contribution in [0.15, 0.2) is 79.1 Å². The highest BCUT2D eigenvalue weighted by Crippen LogP contribution is 2.27. The molecule has 3 heterocycles. The molecule has 0 aliphatic carbocycles. The number of fused-ring (bicyclic) bond motifs is 1. The van der Waals surface area contributed by atoms with E-state index in [2.05, 4.69) is 16.0 Å². The molecular formula is C26H24N4O2. The first-order valence-electron chi connectivity index (χ1n) is 10.7. The first kappa shape index (κ1) is 20.0. The molecule has 6 nitrogen and oxygen atoms in total. The van der Waals surface area contributed by atoms with Crippen molar-refractivity contribution in [3.05, 3.63) is 84.7 Å². The molecule has 0 unspecified atom stereocenters. The average molecular weight is 425 g/mol. The summed E-state index contributed by atoms with van der Waals surface area (Å²) in [6.45, 7) is 2.88. The van der Waals surface area contributed by atoms with Gasteiger partial charge in [0.05, 0.1) is 23.9 Å². The van der Waals surface area contributed by atoms with E-state index in [1.54, 1.807) is 19.5 Å². The maximum absolute atomic E-state index is 13.6. The van der Waals surface area contributed by atoms with Crippen molar-refractivity contribution in [2.24, 2.45) is 0 Å². The van der Waals surface area contributed by atoms with E-state index in [1.165, 1.54) is 0 Å². The molecule has 0 saturated carbocycles. The third kappa shape index (κ3) is 3.87. The minimum Gasteiger partial charge on any atom is -0.497 e. The van der Waals surface area contributed by atoms with Crippen molar-refractivity contribution in [1.29, 1.82) is 0 Å². The zero-order valence-corrected chi connectivity index (χ0v) is 17.9. The zero-order chi connectivity index (χ0) is 21.9. The van der Waals surface area contributed by atoms with Crippen molar-refractivity contribution in [3.8, 4) is 17.0 Å². The summed E-state index contributed by atoms with van der Waals surface area (Å²) in [5.74, 6) is 0.886. The number of pyridine rings is 2. The Morgan fingerprint density at radius 3 is 2.47 bits per heavy atom. The number of hydrogen-bond acceptors (Lipinski definition) is 5. The molecule has 1 aliphatic heterocycles. The highest BCUT2D eigenvalue weighted by Gasteiger charge is 2.24. The number of hydrogen-bond donors (Lipinski definition) is 0. The number of ether oxygens (including phenoxy) is 1. The lowest BCUT2D eigenvalue weighted by molar-refractivity contribution is 0.0748. The molecule has 2 aromatic carbocycles. The Bertz CT molecular complexity index is 1250. The third-order valence-electron chi connectivity index (χ3n) is 5.91. The lowest BCUT2D eigenvalue weighted by atomic mass is 10.0. The minimum absolute atomic E-state index is 0.0456. The van der Waals surface area contributed by atoms with Crippen molar-refractivity contribution < 1.29 is 9.53 Å². The van der Waals surface area contributed by atoms with Crippen LogP contribution in [0.25, 0.3) is 22.2 Å². The number of rotatable bonds is 4. The van der Waals surface area contributed by atoms with Gasteiger partial charge in [0.25, 0.3) is 5.91 Å². The summed E-state index contributed by atoms with van der Waals surface area (Å²) in [5, 5.41) is 0.880. The number of para-hydroxylation sites is 1. The van der Waals surface area contributed by atoms with E-state index in [0.717, 1.165) is 46.7 Å². The molecular weight excluding hydrogens is 400 g/mol. The molecule has 1 fully saturated rings.